The highest BCUT2D eigenvalue weighted by molar-refractivity contribution is 5.32. The quantitative estimate of drug-likeness (QED) is 0.840. The SMILES string of the molecule is CCNCc1cnc(Oc2ccc(OCC)cc2)nc1. The van der Waals surface area contributed by atoms with E-state index in [2.05, 4.69) is 22.2 Å². The lowest BCUT2D eigenvalue weighted by molar-refractivity contribution is 0.339. The topological polar surface area (TPSA) is 56.3 Å². The molecule has 0 aliphatic carbocycles. The Kier molecular flexibility index (Phi) is 5.32. The van der Waals surface area contributed by atoms with Crippen LogP contribution in [-0.4, -0.2) is 23.1 Å². The lowest BCUT2D eigenvalue weighted by Gasteiger charge is -2.06. The van der Waals surface area contributed by atoms with E-state index in [1.54, 1.807) is 12.4 Å². The second-order valence-corrected chi connectivity index (χ2v) is 4.16. The van der Waals surface area contributed by atoms with Crippen LogP contribution in [-0.2, 0) is 6.54 Å². The van der Waals surface area contributed by atoms with Crippen LogP contribution in [0, 0.1) is 0 Å². The minimum atomic E-state index is 0.342. The molecule has 0 aliphatic rings. The summed E-state index contributed by atoms with van der Waals surface area (Å²) in [5.41, 5.74) is 1.03. The summed E-state index contributed by atoms with van der Waals surface area (Å²) in [7, 11) is 0. The average molecular weight is 273 g/mol. The number of hydrogen-bond acceptors (Lipinski definition) is 5. The second-order valence-electron chi connectivity index (χ2n) is 4.16. The summed E-state index contributed by atoms with van der Waals surface area (Å²) in [6.07, 6.45) is 3.53. The number of hydrogen-bond donors (Lipinski definition) is 1. The van der Waals surface area contributed by atoms with E-state index in [0.717, 1.165) is 24.4 Å². The molecule has 20 heavy (non-hydrogen) atoms. The largest absolute Gasteiger partial charge is 0.494 e. The smallest absolute Gasteiger partial charge is 0.321 e. The van der Waals surface area contributed by atoms with Crippen molar-refractivity contribution in [3.8, 4) is 17.5 Å². The zero-order chi connectivity index (χ0) is 14.2. The van der Waals surface area contributed by atoms with E-state index in [9.17, 15) is 0 Å². The van der Waals surface area contributed by atoms with E-state index in [0.29, 0.717) is 18.4 Å². The van der Waals surface area contributed by atoms with Crippen molar-refractivity contribution in [1.29, 1.82) is 0 Å². The molecule has 0 bridgehead atoms. The molecule has 106 valence electrons. The number of benzene rings is 1. The van der Waals surface area contributed by atoms with Crippen LogP contribution in [0.25, 0.3) is 0 Å². The van der Waals surface area contributed by atoms with Gasteiger partial charge in [-0.1, -0.05) is 6.92 Å². The van der Waals surface area contributed by atoms with Crippen LogP contribution in [0.2, 0.25) is 0 Å². The minimum absolute atomic E-state index is 0.342. The predicted octanol–water partition coefficient (Wildman–Crippen LogP) is 2.78. The van der Waals surface area contributed by atoms with Gasteiger partial charge in [0.1, 0.15) is 11.5 Å². The monoisotopic (exact) mass is 273 g/mol. The Morgan fingerprint density at radius 1 is 1.00 bits per heavy atom. The number of rotatable bonds is 7. The molecule has 1 heterocycles. The summed E-state index contributed by atoms with van der Waals surface area (Å²) in [5, 5.41) is 3.22. The van der Waals surface area contributed by atoms with Crippen LogP contribution in [0.3, 0.4) is 0 Å². The van der Waals surface area contributed by atoms with Crippen LogP contribution in [0.15, 0.2) is 36.7 Å². The van der Waals surface area contributed by atoms with Gasteiger partial charge in [-0.2, -0.15) is 0 Å². The standard InChI is InChI=1S/C15H19N3O2/c1-3-16-9-12-10-17-15(18-11-12)20-14-7-5-13(6-8-14)19-4-2/h5-8,10-11,16H,3-4,9H2,1-2H3. The molecule has 0 spiro atoms. The molecular formula is C15H19N3O2. The van der Waals surface area contributed by atoms with Crippen LogP contribution in [0.1, 0.15) is 19.4 Å². The first-order valence-corrected chi connectivity index (χ1v) is 6.74. The highest BCUT2D eigenvalue weighted by Gasteiger charge is 2.01. The van der Waals surface area contributed by atoms with Crippen molar-refractivity contribution >= 4 is 0 Å². The fraction of sp³-hybridized carbons (Fsp3) is 0.333. The van der Waals surface area contributed by atoms with E-state index in [4.69, 9.17) is 9.47 Å². The molecular weight excluding hydrogens is 254 g/mol. The van der Waals surface area contributed by atoms with E-state index >= 15 is 0 Å². The number of nitrogens with zero attached hydrogens (tertiary/aromatic N) is 2. The van der Waals surface area contributed by atoms with Gasteiger partial charge in [-0.25, -0.2) is 9.97 Å². The average Bonchev–Trinajstić information content (AvgIpc) is 2.49. The van der Waals surface area contributed by atoms with Crippen LogP contribution in [0.5, 0.6) is 17.5 Å². The van der Waals surface area contributed by atoms with Crippen molar-refractivity contribution < 1.29 is 9.47 Å². The molecule has 1 N–H and O–H groups in total. The van der Waals surface area contributed by atoms with Gasteiger partial charge in [-0.05, 0) is 37.7 Å². The van der Waals surface area contributed by atoms with Gasteiger partial charge >= 0.3 is 6.01 Å². The first kappa shape index (κ1) is 14.3. The third-order valence-electron chi connectivity index (χ3n) is 2.60. The van der Waals surface area contributed by atoms with Gasteiger partial charge in [-0.3, -0.25) is 0 Å². The van der Waals surface area contributed by atoms with E-state index in [-0.39, 0.29) is 0 Å². The van der Waals surface area contributed by atoms with Crippen LogP contribution >= 0.6 is 0 Å². The molecule has 0 fully saturated rings. The van der Waals surface area contributed by atoms with Crippen molar-refractivity contribution in [3.63, 3.8) is 0 Å². The van der Waals surface area contributed by atoms with Gasteiger partial charge < -0.3 is 14.8 Å². The Morgan fingerprint density at radius 3 is 2.25 bits per heavy atom. The molecule has 5 heteroatoms. The molecule has 2 aromatic rings. The first-order chi connectivity index (χ1) is 9.81. The molecule has 0 amide bonds. The maximum Gasteiger partial charge on any atom is 0.321 e. The molecule has 1 aromatic carbocycles. The summed E-state index contributed by atoms with van der Waals surface area (Å²) in [4.78, 5) is 8.36. The highest BCUT2D eigenvalue weighted by Crippen LogP contribution is 2.21. The minimum Gasteiger partial charge on any atom is -0.494 e. The fourth-order valence-corrected chi connectivity index (χ4v) is 1.63. The normalized spacial score (nSPS) is 10.3. The Hall–Kier alpha value is -2.14. The van der Waals surface area contributed by atoms with Gasteiger partial charge in [0.05, 0.1) is 6.61 Å². The molecule has 0 radical (unpaired) electrons. The van der Waals surface area contributed by atoms with E-state index < -0.39 is 0 Å². The van der Waals surface area contributed by atoms with Crippen LogP contribution < -0.4 is 14.8 Å². The summed E-state index contributed by atoms with van der Waals surface area (Å²) >= 11 is 0. The van der Waals surface area contributed by atoms with E-state index in [1.165, 1.54) is 0 Å². The molecule has 0 aliphatic heterocycles. The molecule has 0 unspecified atom stereocenters. The molecule has 0 atom stereocenters. The van der Waals surface area contributed by atoms with Crippen molar-refractivity contribution in [2.24, 2.45) is 0 Å². The Balaban J connectivity index is 1.95. The molecule has 5 nitrogen and oxygen atoms in total. The van der Waals surface area contributed by atoms with E-state index in [1.807, 2.05) is 31.2 Å². The lowest BCUT2D eigenvalue weighted by atomic mass is 10.3. The molecule has 1 aromatic heterocycles. The number of aromatic nitrogens is 2. The van der Waals surface area contributed by atoms with Crippen molar-refractivity contribution in [2.45, 2.75) is 20.4 Å². The third-order valence-corrected chi connectivity index (χ3v) is 2.60. The summed E-state index contributed by atoms with van der Waals surface area (Å²) in [6, 6.07) is 7.73. The lowest BCUT2D eigenvalue weighted by Crippen LogP contribution is -2.12. The van der Waals surface area contributed by atoms with Crippen LogP contribution in [0.4, 0.5) is 0 Å². The second kappa shape index (κ2) is 7.45. The summed E-state index contributed by atoms with van der Waals surface area (Å²) < 4.78 is 10.9. The van der Waals surface area contributed by atoms with Gasteiger partial charge in [0.15, 0.2) is 0 Å². The van der Waals surface area contributed by atoms with Crippen molar-refractivity contribution in [2.75, 3.05) is 13.2 Å². The zero-order valence-corrected chi connectivity index (χ0v) is 11.8. The number of nitrogens with one attached hydrogen (secondary N) is 1. The summed E-state index contributed by atoms with van der Waals surface area (Å²) in [6.45, 7) is 6.35. The first-order valence-electron chi connectivity index (χ1n) is 6.74. The van der Waals surface area contributed by atoms with Crippen molar-refractivity contribution in [3.05, 3.63) is 42.2 Å². The summed E-state index contributed by atoms with van der Waals surface area (Å²) in [5.74, 6) is 1.51. The maximum atomic E-state index is 5.57. The number of ether oxygens (including phenoxy) is 2. The van der Waals surface area contributed by atoms with Gasteiger partial charge in [0, 0.05) is 24.5 Å². The third kappa shape index (κ3) is 4.20. The van der Waals surface area contributed by atoms with Gasteiger partial charge in [0.25, 0.3) is 0 Å². The Morgan fingerprint density at radius 2 is 1.65 bits per heavy atom. The highest BCUT2D eigenvalue weighted by atomic mass is 16.5. The Labute approximate surface area is 119 Å². The fourth-order valence-electron chi connectivity index (χ4n) is 1.63. The predicted molar refractivity (Wildman–Crippen MR) is 77.1 cm³/mol. The zero-order valence-electron chi connectivity index (χ0n) is 11.8. The Bertz CT molecular complexity index is 512. The molecule has 0 saturated carbocycles. The van der Waals surface area contributed by atoms with Crippen molar-refractivity contribution in [1.82, 2.24) is 15.3 Å². The van der Waals surface area contributed by atoms with Gasteiger partial charge in [0.2, 0.25) is 0 Å². The molecule has 0 saturated heterocycles. The van der Waals surface area contributed by atoms with Gasteiger partial charge in [-0.15, -0.1) is 0 Å². The maximum absolute atomic E-state index is 5.57. The molecule has 2 rings (SSSR count).